The van der Waals surface area contributed by atoms with E-state index in [0.717, 1.165) is 43.0 Å². The summed E-state index contributed by atoms with van der Waals surface area (Å²) in [6.07, 6.45) is 2.35. The van der Waals surface area contributed by atoms with E-state index in [1.54, 1.807) is 0 Å². The Hall–Kier alpha value is -0.650. The molecule has 0 radical (unpaired) electrons. The smallest absolute Gasteiger partial charge is 0.185 e. The normalized spacial score (nSPS) is 16.9. The number of hydrogen-bond acceptors (Lipinski definition) is 5. The molecule has 1 fully saturated rings. The second-order valence-corrected chi connectivity index (χ2v) is 7.04. The lowest BCUT2D eigenvalue weighted by molar-refractivity contribution is 0.0685. The molecule has 2 rings (SSSR count). The first-order chi connectivity index (χ1) is 9.56. The second-order valence-electron chi connectivity index (χ2n) is 5.98. The highest BCUT2D eigenvalue weighted by Gasteiger charge is 2.18. The predicted molar refractivity (Wildman–Crippen MR) is 85.6 cm³/mol. The summed E-state index contributed by atoms with van der Waals surface area (Å²) in [6.45, 7) is 10.3. The Morgan fingerprint density at radius 1 is 1.40 bits per heavy atom. The monoisotopic (exact) mass is 297 g/mol. The van der Waals surface area contributed by atoms with Crippen LogP contribution in [0.1, 0.15) is 37.3 Å². The Morgan fingerprint density at radius 2 is 2.10 bits per heavy atom. The third kappa shape index (κ3) is 4.43. The fourth-order valence-corrected chi connectivity index (χ4v) is 3.41. The Balaban J connectivity index is 1.92. The lowest BCUT2D eigenvalue weighted by atomic mass is 10.0. The van der Waals surface area contributed by atoms with Crippen LogP contribution < -0.4 is 10.2 Å². The molecular weight excluding hydrogens is 270 g/mol. The van der Waals surface area contributed by atoms with E-state index in [-0.39, 0.29) is 0 Å². The highest BCUT2D eigenvalue weighted by molar-refractivity contribution is 7.15. The predicted octanol–water partition coefficient (Wildman–Crippen LogP) is 2.81. The molecule has 5 heteroatoms. The standard InChI is InChI=1S/C15H27N3OS/c1-11(2)16-9-14-12(3)17-15(20-14)18(4)10-13-5-7-19-8-6-13/h11,13,16H,5-10H2,1-4H3. The fourth-order valence-electron chi connectivity index (χ4n) is 2.43. The number of ether oxygens (including phenoxy) is 1. The van der Waals surface area contributed by atoms with Crippen molar-refractivity contribution < 1.29 is 4.74 Å². The summed E-state index contributed by atoms with van der Waals surface area (Å²) in [7, 11) is 2.16. The van der Waals surface area contributed by atoms with Crippen molar-refractivity contribution in [2.45, 2.75) is 46.2 Å². The summed E-state index contributed by atoms with van der Waals surface area (Å²) in [5, 5.41) is 4.62. The summed E-state index contributed by atoms with van der Waals surface area (Å²) in [6, 6.07) is 0.514. The summed E-state index contributed by atoms with van der Waals surface area (Å²) in [5.41, 5.74) is 1.16. The van der Waals surface area contributed by atoms with Gasteiger partial charge in [-0.3, -0.25) is 0 Å². The van der Waals surface area contributed by atoms with E-state index in [4.69, 9.17) is 9.72 Å². The molecule has 1 aliphatic heterocycles. The largest absolute Gasteiger partial charge is 0.381 e. The molecule has 0 amide bonds. The molecule has 1 aromatic heterocycles. The Bertz CT molecular complexity index is 413. The van der Waals surface area contributed by atoms with Gasteiger partial charge in [0.25, 0.3) is 0 Å². The molecule has 0 unspecified atom stereocenters. The van der Waals surface area contributed by atoms with Crippen LogP contribution in [0.4, 0.5) is 5.13 Å². The topological polar surface area (TPSA) is 37.4 Å². The number of nitrogens with zero attached hydrogens (tertiary/aromatic N) is 2. The van der Waals surface area contributed by atoms with Gasteiger partial charge in [0.1, 0.15) is 0 Å². The first-order valence-electron chi connectivity index (χ1n) is 7.55. The van der Waals surface area contributed by atoms with Crippen LogP contribution in [-0.4, -0.2) is 37.8 Å². The van der Waals surface area contributed by atoms with Gasteiger partial charge in [-0.1, -0.05) is 13.8 Å². The molecule has 1 aliphatic rings. The van der Waals surface area contributed by atoms with Crippen LogP contribution in [0.5, 0.6) is 0 Å². The molecular formula is C15H27N3OS. The number of aromatic nitrogens is 1. The summed E-state index contributed by atoms with van der Waals surface area (Å²) in [4.78, 5) is 8.39. The fraction of sp³-hybridized carbons (Fsp3) is 0.800. The molecule has 1 aromatic rings. The van der Waals surface area contributed by atoms with Crippen LogP contribution in [-0.2, 0) is 11.3 Å². The Kier molecular flexibility index (Phi) is 5.81. The molecule has 0 saturated carbocycles. The minimum absolute atomic E-state index is 0.514. The highest BCUT2D eigenvalue weighted by Crippen LogP contribution is 2.27. The molecule has 0 atom stereocenters. The summed E-state index contributed by atoms with van der Waals surface area (Å²) in [5.74, 6) is 0.746. The van der Waals surface area contributed by atoms with Crippen LogP contribution in [0, 0.1) is 12.8 Å². The number of hydrogen-bond donors (Lipinski definition) is 1. The zero-order valence-corrected chi connectivity index (χ0v) is 13.9. The SMILES string of the molecule is Cc1nc(N(C)CC2CCOCC2)sc1CNC(C)C. The first-order valence-corrected chi connectivity index (χ1v) is 8.36. The molecule has 114 valence electrons. The molecule has 20 heavy (non-hydrogen) atoms. The average molecular weight is 297 g/mol. The van der Waals surface area contributed by atoms with Gasteiger partial charge in [0.15, 0.2) is 5.13 Å². The van der Waals surface area contributed by atoms with Crippen molar-refractivity contribution in [2.75, 3.05) is 31.7 Å². The Labute approximate surface area is 126 Å². The van der Waals surface area contributed by atoms with Gasteiger partial charge >= 0.3 is 0 Å². The molecule has 1 saturated heterocycles. The van der Waals surface area contributed by atoms with Crippen LogP contribution in [0.15, 0.2) is 0 Å². The maximum Gasteiger partial charge on any atom is 0.185 e. The number of nitrogens with one attached hydrogen (secondary N) is 1. The zero-order chi connectivity index (χ0) is 14.5. The second kappa shape index (κ2) is 7.38. The lowest BCUT2D eigenvalue weighted by Gasteiger charge is -2.26. The molecule has 0 bridgehead atoms. The average Bonchev–Trinajstić information content (AvgIpc) is 2.79. The van der Waals surface area contributed by atoms with Gasteiger partial charge < -0.3 is 15.0 Å². The van der Waals surface area contributed by atoms with Gasteiger partial charge in [-0.15, -0.1) is 11.3 Å². The van der Waals surface area contributed by atoms with Gasteiger partial charge in [0, 0.05) is 44.3 Å². The van der Waals surface area contributed by atoms with E-state index in [1.807, 2.05) is 11.3 Å². The van der Waals surface area contributed by atoms with E-state index in [0.29, 0.717) is 6.04 Å². The summed E-state index contributed by atoms with van der Waals surface area (Å²) < 4.78 is 5.42. The first kappa shape index (κ1) is 15.7. The van der Waals surface area contributed by atoms with Crippen molar-refractivity contribution in [2.24, 2.45) is 5.92 Å². The van der Waals surface area contributed by atoms with Gasteiger partial charge in [-0.05, 0) is 25.7 Å². The number of anilines is 1. The maximum atomic E-state index is 5.42. The maximum absolute atomic E-state index is 5.42. The van der Waals surface area contributed by atoms with E-state index >= 15 is 0 Å². The van der Waals surface area contributed by atoms with Crippen LogP contribution in [0.25, 0.3) is 0 Å². The summed E-state index contributed by atoms with van der Waals surface area (Å²) >= 11 is 1.82. The van der Waals surface area contributed by atoms with Gasteiger partial charge in [0.05, 0.1) is 5.69 Å². The van der Waals surface area contributed by atoms with Crippen LogP contribution >= 0.6 is 11.3 Å². The number of aryl methyl sites for hydroxylation is 1. The van der Waals surface area contributed by atoms with Crippen molar-refractivity contribution in [3.8, 4) is 0 Å². The number of thiazole rings is 1. The van der Waals surface area contributed by atoms with Crippen molar-refractivity contribution in [1.29, 1.82) is 0 Å². The molecule has 0 aliphatic carbocycles. The van der Waals surface area contributed by atoms with Crippen LogP contribution in [0.3, 0.4) is 0 Å². The van der Waals surface area contributed by atoms with E-state index in [9.17, 15) is 0 Å². The van der Waals surface area contributed by atoms with Crippen molar-refractivity contribution in [3.63, 3.8) is 0 Å². The minimum Gasteiger partial charge on any atom is -0.381 e. The number of rotatable bonds is 6. The van der Waals surface area contributed by atoms with Gasteiger partial charge in [0.2, 0.25) is 0 Å². The molecule has 1 N–H and O–H groups in total. The molecule has 0 spiro atoms. The quantitative estimate of drug-likeness (QED) is 0.876. The minimum atomic E-state index is 0.514. The van der Waals surface area contributed by atoms with E-state index in [2.05, 4.69) is 38.0 Å². The Morgan fingerprint density at radius 3 is 2.75 bits per heavy atom. The molecule has 0 aromatic carbocycles. The van der Waals surface area contributed by atoms with E-state index in [1.165, 1.54) is 17.7 Å². The lowest BCUT2D eigenvalue weighted by Crippen LogP contribution is -2.29. The zero-order valence-electron chi connectivity index (χ0n) is 13.1. The van der Waals surface area contributed by atoms with Crippen molar-refractivity contribution >= 4 is 16.5 Å². The molecule has 2 heterocycles. The third-order valence-corrected chi connectivity index (χ3v) is 5.02. The van der Waals surface area contributed by atoms with E-state index < -0.39 is 0 Å². The highest BCUT2D eigenvalue weighted by atomic mass is 32.1. The molecule has 4 nitrogen and oxygen atoms in total. The van der Waals surface area contributed by atoms with Crippen LogP contribution in [0.2, 0.25) is 0 Å². The van der Waals surface area contributed by atoms with Gasteiger partial charge in [-0.25, -0.2) is 4.98 Å². The third-order valence-electron chi connectivity index (χ3n) is 3.75. The van der Waals surface area contributed by atoms with Crippen molar-refractivity contribution in [1.82, 2.24) is 10.3 Å². The van der Waals surface area contributed by atoms with Gasteiger partial charge in [-0.2, -0.15) is 0 Å². The van der Waals surface area contributed by atoms with Crippen molar-refractivity contribution in [3.05, 3.63) is 10.6 Å².